The summed E-state index contributed by atoms with van der Waals surface area (Å²) in [5.74, 6) is 0.929. The first-order valence-corrected chi connectivity index (χ1v) is 13.7. The number of rotatable bonds is 4. The Morgan fingerprint density at radius 1 is 0.528 bits per heavy atom. The molecule has 2 nitrogen and oxygen atoms in total. The fourth-order valence-electron chi connectivity index (χ4n) is 5.54. The van der Waals surface area contributed by atoms with Crippen LogP contribution in [0.25, 0.3) is 33.1 Å². The largest absolute Gasteiger partial charge is 0.461 e. The number of hydrogen-bond acceptors (Lipinski definition) is 2. The van der Waals surface area contributed by atoms with Crippen LogP contribution in [0.3, 0.4) is 0 Å². The molecule has 3 heteroatoms. The van der Waals surface area contributed by atoms with E-state index >= 15 is 0 Å². The van der Waals surface area contributed by atoms with E-state index in [0.29, 0.717) is 0 Å². The Balaban J connectivity index is 1.78. The summed E-state index contributed by atoms with van der Waals surface area (Å²) in [6, 6.07) is 30.4. The van der Waals surface area contributed by atoms with Gasteiger partial charge in [0.1, 0.15) is 22.4 Å². The molecule has 6 aromatic rings. The van der Waals surface area contributed by atoms with Gasteiger partial charge in [-0.25, -0.2) is 0 Å². The summed E-state index contributed by atoms with van der Waals surface area (Å²) < 4.78 is 13.3. The van der Waals surface area contributed by atoms with Gasteiger partial charge in [0.05, 0.1) is 0 Å². The van der Waals surface area contributed by atoms with Crippen molar-refractivity contribution in [2.24, 2.45) is 0 Å². The Bertz CT molecular complexity index is 1680. The number of furan rings is 2. The van der Waals surface area contributed by atoms with Crippen molar-refractivity contribution in [3.05, 3.63) is 113 Å². The first-order chi connectivity index (χ1) is 17.4. The van der Waals surface area contributed by atoms with Crippen LogP contribution in [-0.4, -0.2) is 0 Å². The maximum absolute atomic E-state index is 6.91. The third kappa shape index (κ3) is 3.69. The zero-order valence-electron chi connectivity index (χ0n) is 21.3. The summed E-state index contributed by atoms with van der Waals surface area (Å²) in [4.78, 5) is 0. The molecule has 0 atom stereocenters. The lowest BCUT2D eigenvalue weighted by atomic mass is 9.95. The van der Waals surface area contributed by atoms with Gasteiger partial charge in [-0.2, -0.15) is 0 Å². The van der Waals surface area contributed by atoms with E-state index in [0.717, 1.165) is 28.0 Å². The molecule has 0 amide bonds. The van der Waals surface area contributed by atoms with Gasteiger partial charge in [0.25, 0.3) is 0 Å². The maximum Gasteiger partial charge on any atom is 0.143 e. The molecule has 2 heterocycles. The first-order valence-electron chi connectivity index (χ1n) is 12.4. The predicted molar refractivity (Wildman–Crippen MR) is 154 cm³/mol. The van der Waals surface area contributed by atoms with Gasteiger partial charge in [-0.1, -0.05) is 72.8 Å². The van der Waals surface area contributed by atoms with Crippen LogP contribution >= 0.6 is 7.92 Å². The van der Waals surface area contributed by atoms with Crippen molar-refractivity contribution in [2.45, 2.75) is 34.6 Å². The van der Waals surface area contributed by atoms with Crippen LogP contribution in [0.2, 0.25) is 0 Å². The maximum atomic E-state index is 6.91. The average Bonchev–Trinajstić information content (AvgIpc) is 3.37. The van der Waals surface area contributed by atoms with Crippen LogP contribution < -0.4 is 16.1 Å². The molecule has 0 unspecified atom stereocenters. The Morgan fingerprint density at radius 3 is 1.53 bits per heavy atom. The summed E-state index contributed by atoms with van der Waals surface area (Å²) in [6.07, 6.45) is 0. The van der Waals surface area contributed by atoms with Crippen molar-refractivity contribution in [3.63, 3.8) is 0 Å². The van der Waals surface area contributed by atoms with Crippen LogP contribution in [0, 0.1) is 34.6 Å². The van der Waals surface area contributed by atoms with Gasteiger partial charge >= 0.3 is 0 Å². The number of hydrogen-bond donors (Lipinski definition) is 0. The highest BCUT2D eigenvalue weighted by Gasteiger charge is 2.30. The molecule has 0 aliphatic rings. The molecule has 178 valence electrons. The smallest absolute Gasteiger partial charge is 0.143 e. The molecule has 0 bridgehead atoms. The number of benzene rings is 4. The minimum absolute atomic E-state index is 0.929. The summed E-state index contributed by atoms with van der Waals surface area (Å²) in [5.41, 5.74) is 10.1. The molecule has 0 spiro atoms. The van der Waals surface area contributed by atoms with Gasteiger partial charge < -0.3 is 8.83 Å². The quantitative estimate of drug-likeness (QED) is 0.234. The van der Waals surface area contributed by atoms with Crippen LogP contribution in [0.4, 0.5) is 0 Å². The lowest BCUT2D eigenvalue weighted by Crippen LogP contribution is -2.21. The van der Waals surface area contributed by atoms with Gasteiger partial charge in [0.2, 0.25) is 0 Å². The topological polar surface area (TPSA) is 26.3 Å². The highest BCUT2D eigenvalue weighted by Crippen LogP contribution is 2.47. The lowest BCUT2D eigenvalue weighted by molar-refractivity contribution is 0.579. The molecule has 6 rings (SSSR count). The minimum atomic E-state index is -0.932. The van der Waals surface area contributed by atoms with Crippen molar-refractivity contribution in [1.29, 1.82) is 0 Å². The number of fused-ring (bicyclic) bond motifs is 2. The molecule has 2 aromatic heterocycles. The Hall–Kier alpha value is -3.61. The third-order valence-corrected chi connectivity index (χ3v) is 9.25. The van der Waals surface area contributed by atoms with E-state index in [1.807, 2.05) is 0 Å². The highest BCUT2D eigenvalue weighted by molar-refractivity contribution is 7.79. The Kier molecular flexibility index (Phi) is 5.58. The standard InChI is InChI=1S/C33H29O2P/c1-20-16-22(3)29-27(18-20)34-24(5)31(29)32-30-23(4)17-21(2)19-28(30)35-33(32)36(25-12-8-6-9-13-25)26-14-10-7-11-15-26/h6-19H,1-5H3. The van der Waals surface area contributed by atoms with E-state index in [-0.39, 0.29) is 0 Å². The van der Waals surface area contributed by atoms with Crippen molar-refractivity contribution in [2.75, 3.05) is 0 Å². The van der Waals surface area contributed by atoms with Gasteiger partial charge in [0, 0.05) is 29.8 Å². The Labute approximate surface area is 213 Å². The predicted octanol–water partition coefficient (Wildman–Crippen LogP) is 8.15. The SMILES string of the molecule is Cc1cc(C)c2c(-c3c(P(c4ccccc4)c4ccccc4)oc4cc(C)cc(C)c34)c(C)oc2c1. The van der Waals surface area contributed by atoms with Crippen LogP contribution in [0.15, 0.2) is 93.8 Å². The monoisotopic (exact) mass is 488 g/mol. The lowest BCUT2D eigenvalue weighted by Gasteiger charge is -2.18. The van der Waals surface area contributed by atoms with Gasteiger partial charge in [-0.05, 0) is 79.6 Å². The van der Waals surface area contributed by atoms with E-state index in [4.69, 9.17) is 8.83 Å². The van der Waals surface area contributed by atoms with E-state index in [2.05, 4.69) is 120 Å². The van der Waals surface area contributed by atoms with Crippen molar-refractivity contribution in [1.82, 2.24) is 0 Å². The second-order valence-electron chi connectivity index (χ2n) is 9.73. The molecule has 0 aliphatic heterocycles. The van der Waals surface area contributed by atoms with Gasteiger partial charge in [0.15, 0.2) is 0 Å². The van der Waals surface area contributed by atoms with Crippen molar-refractivity contribution >= 4 is 46.0 Å². The molecule has 0 saturated heterocycles. The molecule has 0 N–H and O–H groups in total. The minimum Gasteiger partial charge on any atom is -0.461 e. The normalized spacial score (nSPS) is 11.7. The van der Waals surface area contributed by atoms with E-state index < -0.39 is 7.92 Å². The second kappa shape index (κ2) is 8.80. The highest BCUT2D eigenvalue weighted by atomic mass is 31.1. The van der Waals surface area contributed by atoms with Gasteiger partial charge in [-0.3, -0.25) is 0 Å². The molecule has 4 aromatic carbocycles. The van der Waals surface area contributed by atoms with E-state index in [1.165, 1.54) is 49.2 Å². The Morgan fingerprint density at radius 2 is 1.00 bits per heavy atom. The molecule has 0 fully saturated rings. The molecule has 0 radical (unpaired) electrons. The number of aryl methyl sites for hydroxylation is 5. The average molecular weight is 489 g/mol. The van der Waals surface area contributed by atoms with Crippen LogP contribution in [-0.2, 0) is 0 Å². The fraction of sp³-hybridized carbons (Fsp3) is 0.152. The third-order valence-electron chi connectivity index (χ3n) is 6.90. The molecule has 36 heavy (non-hydrogen) atoms. The molecule has 0 saturated carbocycles. The molecule has 0 aliphatic carbocycles. The summed E-state index contributed by atoms with van der Waals surface area (Å²) in [5, 5.41) is 4.90. The van der Waals surface area contributed by atoms with Crippen molar-refractivity contribution < 1.29 is 8.83 Å². The summed E-state index contributed by atoms with van der Waals surface area (Å²) in [6.45, 7) is 10.7. The van der Waals surface area contributed by atoms with Crippen LogP contribution in [0.1, 0.15) is 28.0 Å². The van der Waals surface area contributed by atoms with Crippen molar-refractivity contribution in [3.8, 4) is 11.1 Å². The molecular formula is C33H29O2P. The summed E-state index contributed by atoms with van der Waals surface area (Å²) >= 11 is 0. The first kappa shape index (κ1) is 22.8. The van der Waals surface area contributed by atoms with E-state index in [1.54, 1.807) is 0 Å². The fourth-order valence-corrected chi connectivity index (χ4v) is 7.89. The zero-order valence-corrected chi connectivity index (χ0v) is 22.2. The van der Waals surface area contributed by atoms with Gasteiger partial charge in [-0.15, -0.1) is 0 Å². The van der Waals surface area contributed by atoms with E-state index in [9.17, 15) is 0 Å². The molecular weight excluding hydrogens is 459 g/mol. The zero-order chi connectivity index (χ0) is 25.0. The summed E-state index contributed by atoms with van der Waals surface area (Å²) in [7, 11) is -0.932. The second-order valence-corrected chi connectivity index (χ2v) is 11.8. The van der Waals surface area contributed by atoms with Crippen LogP contribution in [0.5, 0.6) is 0 Å².